The van der Waals surface area contributed by atoms with Gasteiger partial charge in [-0.15, -0.1) is 0 Å². The number of nitrogen functional groups attached to an aromatic ring is 1. The summed E-state index contributed by atoms with van der Waals surface area (Å²) in [7, 11) is 2.12. The molecule has 118 valence electrons. The molecule has 0 aliphatic carbocycles. The lowest BCUT2D eigenvalue weighted by Gasteiger charge is -2.20. The normalized spacial score (nSPS) is 11.0. The second-order valence-corrected chi connectivity index (χ2v) is 5.73. The number of unbranched alkanes of at least 4 members (excludes halogenated alkanes) is 1. The van der Waals surface area contributed by atoms with E-state index in [1.165, 1.54) is 0 Å². The zero-order chi connectivity index (χ0) is 15.8. The number of nitrogens with zero attached hydrogens (tertiary/aromatic N) is 1. The van der Waals surface area contributed by atoms with Crippen molar-refractivity contribution in [2.45, 2.75) is 39.7 Å². The summed E-state index contributed by atoms with van der Waals surface area (Å²) in [5.41, 5.74) is 4.89. The van der Waals surface area contributed by atoms with Crippen LogP contribution in [0.5, 0.6) is 0 Å². The van der Waals surface area contributed by atoms with Crippen LogP contribution in [0.2, 0.25) is 0 Å². The van der Waals surface area contributed by atoms with E-state index in [1.54, 1.807) is 6.07 Å². The Morgan fingerprint density at radius 2 is 2.05 bits per heavy atom. The molecule has 5 heteroatoms. The number of amides is 1. The van der Waals surface area contributed by atoms with Crippen LogP contribution in [0.1, 0.15) is 42.6 Å². The molecular weight excluding hydrogens is 264 g/mol. The van der Waals surface area contributed by atoms with Gasteiger partial charge in [-0.3, -0.25) is 10.6 Å². The summed E-state index contributed by atoms with van der Waals surface area (Å²) >= 11 is 0. The van der Waals surface area contributed by atoms with E-state index in [0.29, 0.717) is 23.8 Å². The predicted molar refractivity (Wildman–Crippen MR) is 88.3 cm³/mol. The van der Waals surface area contributed by atoms with E-state index in [-0.39, 0.29) is 5.91 Å². The van der Waals surface area contributed by atoms with E-state index in [4.69, 9.17) is 5.84 Å². The number of carbonyl (C=O) groups excluding carboxylic acids is 1. The molecule has 5 nitrogen and oxygen atoms in total. The summed E-state index contributed by atoms with van der Waals surface area (Å²) in [4.78, 5) is 14.4. The van der Waals surface area contributed by atoms with Crippen LogP contribution in [0.15, 0.2) is 18.2 Å². The second kappa shape index (κ2) is 8.64. The van der Waals surface area contributed by atoms with Gasteiger partial charge in [-0.25, -0.2) is 0 Å². The minimum absolute atomic E-state index is 0.0832. The molecule has 0 aliphatic heterocycles. The molecule has 0 saturated heterocycles. The Labute approximate surface area is 127 Å². The fourth-order valence-corrected chi connectivity index (χ4v) is 2.02. The largest absolute Gasteiger partial charge is 0.352 e. The number of rotatable bonds is 8. The number of hydrogen-bond donors (Lipinski definition) is 3. The Bertz CT molecular complexity index is 460. The van der Waals surface area contributed by atoms with Crippen molar-refractivity contribution in [2.75, 3.05) is 25.6 Å². The Morgan fingerprint density at radius 3 is 2.67 bits per heavy atom. The molecule has 0 radical (unpaired) electrons. The minimum atomic E-state index is -0.0832. The van der Waals surface area contributed by atoms with Crippen LogP contribution >= 0.6 is 0 Å². The maximum atomic E-state index is 12.1. The van der Waals surface area contributed by atoms with Gasteiger partial charge < -0.3 is 15.6 Å². The average molecular weight is 292 g/mol. The molecule has 4 N–H and O–H groups in total. The maximum Gasteiger partial charge on any atom is 0.253 e. The number of aryl methyl sites for hydroxylation is 1. The predicted octanol–water partition coefficient (Wildman–Crippen LogP) is 2.13. The third kappa shape index (κ3) is 5.73. The zero-order valence-corrected chi connectivity index (χ0v) is 13.6. The lowest BCUT2D eigenvalue weighted by atomic mass is 10.1. The highest BCUT2D eigenvalue weighted by Crippen LogP contribution is 2.16. The van der Waals surface area contributed by atoms with Crippen LogP contribution in [-0.2, 0) is 0 Å². The Morgan fingerprint density at radius 1 is 1.33 bits per heavy atom. The van der Waals surface area contributed by atoms with E-state index in [0.717, 1.165) is 24.9 Å². The van der Waals surface area contributed by atoms with Crippen molar-refractivity contribution in [3.63, 3.8) is 0 Å². The first-order valence-electron chi connectivity index (χ1n) is 7.51. The van der Waals surface area contributed by atoms with Crippen LogP contribution in [0.4, 0.5) is 5.69 Å². The van der Waals surface area contributed by atoms with E-state index >= 15 is 0 Å². The molecule has 21 heavy (non-hydrogen) atoms. The lowest BCUT2D eigenvalue weighted by molar-refractivity contribution is 0.0953. The monoisotopic (exact) mass is 292 g/mol. The van der Waals surface area contributed by atoms with Crippen LogP contribution in [0.3, 0.4) is 0 Å². The van der Waals surface area contributed by atoms with Crippen molar-refractivity contribution >= 4 is 11.6 Å². The zero-order valence-electron chi connectivity index (χ0n) is 13.6. The fraction of sp³-hybridized carbons (Fsp3) is 0.562. The highest BCUT2D eigenvalue weighted by atomic mass is 16.1. The van der Waals surface area contributed by atoms with Gasteiger partial charge in [-0.1, -0.05) is 6.07 Å². The number of nitrogens with two attached hydrogens (primary N) is 1. The van der Waals surface area contributed by atoms with Gasteiger partial charge in [0.1, 0.15) is 0 Å². The summed E-state index contributed by atoms with van der Waals surface area (Å²) in [6.45, 7) is 8.06. The minimum Gasteiger partial charge on any atom is -0.352 e. The summed E-state index contributed by atoms with van der Waals surface area (Å²) in [6.07, 6.45) is 2.05. The molecule has 0 bridgehead atoms. The maximum absolute atomic E-state index is 12.1. The number of hydrogen-bond acceptors (Lipinski definition) is 4. The summed E-state index contributed by atoms with van der Waals surface area (Å²) in [5.74, 6) is 5.38. The molecule has 0 aliphatic rings. The van der Waals surface area contributed by atoms with Crippen molar-refractivity contribution < 1.29 is 4.79 Å². The van der Waals surface area contributed by atoms with E-state index in [2.05, 4.69) is 36.5 Å². The van der Waals surface area contributed by atoms with Crippen molar-refractivity contribution in [3.8, 4) is 0 Å². The average Bonchev–Trinajstić information content (AvgIpc) is 2.45. The topological polar surface area (TPSA) is 70.4 Å². The molecule has 0 atom stereocenters. The van der Waals surface area contributed by atoms with Gasteiger partial charge in [-0.05, 0) is 64.9 Å². The molecule has 0 aromatic heterocycles. The van der Waals surface area contributed by atoms with E-state index in [1.807, 2.05) is 19.1 Å². The SMILES string of the molecule is Cc1ccc(C(=O)NCCCCN(C)C(C)C)c(NN)c1. The van der Waals surface area contributed by atoms with Crippen LogP contribution in [-0.4, -0.2) is 37.0 Å². The first-order chi connectivity index (χ1) is 9.95. The van der Waals surface area contributed by atoms with Crippen molar-refractivity contribution in [1.82, 2.24) is 10.2 Å². The van der Waals surface area contributed by atoms with Crippen LogP contribution in [0, 0.1) is 6.92 Å². The standard InChI is InChI=1S/C16H28N4O/c1-12(2)20(4)10-6-5-9-18-16(21)14-8-7-13(3)11-15(14)19-17/h7-8,11-12,19H,5-6,9-10,17H2,1-4H3,(H,18,21). The molecule has 0 spiro atoms. The van der Waals surface area contributed by atoms with Crippen molar-refractivity contribution in [2.24, 2.45) is 5.84 Å². The van der Waals surface area contributed by atoms with E-state index in [9.17, 15) is 4.79 Å². The van der Waals surface area contributed by atoms with Gasteiger partial charge in [0.25, 0.3) is 5.91 Å². The Kier molecular flexibility index (Phi) is 7.19. The first-order valence-corrected chi connectivity index (χ1v) is 7.51. The molecule has 0 heterocycles. The van der Waals surface area contributed by atoms with Gasteiger partial charge >= 0.3 is 0 Å². The summed E-state index contributed by atoms with van der Waals surface area (Å²) in [5, 5.41) is 2.94. The van der Waals surface area contributed by atoms with E-state index < -0.39 is 0 Å². The first kappa shape index (κ1) is 17.5. The van der Waals surface area contributed by atoms with Gasteiger partial charge in [0.05, 0.1) is 11.3 Å². The third-order valence-electron chi connectivity index (χ3n) is 3.68. The number of nitrogens with one attached hydrogen (secondary N) is 2. The third-order valence-corrected chi connectivity index (χ3v) is 3.68. The lowest BCUT2D eigenvalue weighted by Crippen LogP contribution is -2.29. The smallest absolute Gasteiger partial charge is 0.253 e. The second-order valence-electron chi connectivity index (χ2n) is 5.73. The number of carbonyl (C=O) groups is 1. The van der Waals surface area contributed by atoms with Gasteiger partial charge in [0.15, 0.2) is 0 Å². The number of anilines is 1. The van der Waals surface area contributed by atoms with Crippen molar-refractivity contribution in [3.05, 3.63) is 29.3 Å². The van der Waals surface area contributed by atoms with Crippen molar-refractivity contribution in [1.29, 1.82) is 0 Å². The molecular formula is C16H28N4O. The van der Waals surface area contributed by atoms with Crippen LogP contribution < -0.4 is 16.6 Å². The molecule has 1 aromatic carbocycles. The highest BCUT2D eigenvalue weighted by molar-refractivity contribution is 5.99. The summed E-state index contributed by atoms with van der Waals surface area (Å²) < 4.78 is 0. The molecule has 1 amide bonds. The molecule has 0 saturated carbocycles. The summed E-state index contributed by atoms with van der Waals surface area (Å²) in [6, 6.07) is 6.14. The fourth-order valence-electron chi connectivity index (χ4n) is 2.02. The molecule has 1 aromatic rings. The Balaban J connectivity index is 2.38. The molecule has 0 fully saturated rings. The Hall–Kier alpha value is -1.59. The van der Waals surface area contributed by atoms with Gasteiger partial charge in [0.2, 0.25) is 0 Å². The van der Waals surface area contributed by atoms with Gasteiger partial charge in [0, 0.05) is 12.6 Å². The molecule has 0 unspecified atom stereocenters. The molecule has 1 rings (SSSR count). The highest BCUT2D eigenvalue weighted by Gasteiger charge is 2.10. The number of benzene rings is 1. The quantitative estimate of drug-likeness (QED) is 0.390. The number of hydrazine groups is 1. The van der Waals surface area contributed by atoms with Gasteiger partial charge in [-0.2, -0.15) is 0 Å². The van der Waals surface area contributed by atoms with Crippen LogP contribution in [0.25, 0.3) is 0 Å².